The molecule has 0 aromatic heterocycles. The van der Waals surface area contributed by atoms with Gasteiger partial charge in [0, 0.05) is 24.9 Å². The smallest absolute Gasteiger partial charge is 0.429 e. The Kier molecular flexibility index (Phi) is 4.76. The average molecular weight is 371 g/mol. The molecule has 1 saturated heterocycles. The topological polar surface area (TPSA) is 79.0 Å². The van der Waals surface area contributed by atoms with Gasteiger partial charge in [-0.1, -0.05) is 25.0 Å². The number of amides is 2. The number of Topliss-reactive ketones (excluding diaryl/α,β-unsaturated/α-hetero) is 1. The number of nitrogens with one attached hydrogen (secondary N) is 1. The lowest BCUT2D eigenvalue weighted by Gasteiger charge is -2.28. The van der Waals surface area contributed by atoms with Crippen LogP contribution in [0.5, 0.6) is 0 Å². The van der Waals surface area contributed by atoms with Crippen LogP contribution >= 0.6 is 0 Å². The molecule has 1 saturated carbocycles. The van der Waals surface area contributed by atoms with Crippen LogP contribution in [0.3, 0.4) is 0 Å². The van der Waals surface area contributed by atoms with Gasteiger partial charge in [-0.3, -0.25) is 14.6 Å². The zero-order valence-corrected chi connectivity index (χ0v) is 15.6. The van der Waals surface area contributed by atoms with E-state index < -0.39 is 6.09 Å². The average Bonchev–Trinajstić information content (AvgIpc) is 3.38. The van der Waals surface area contributed by atoms with E-state index in [1.54, 1.807) is 5.01 Å². The normalized spacial score (nSPS) is 22.1. The molecule has 27 heavy (non-hydrogen) atoms. The van der Waals surface area contributed by atoms with Gasteiger partial charge in [0.25, 0.3) is 0 Å². The number of cyclic esters (lactones) is 1. The van der Waals surface area contributed by atoms with Crippen LogP contribution in [-0.4, -0.2) is 48.5 Å². The van der Waals surface area contributed by atoms with Crippen LogP contribution in [0.1, 0.15) is 48.5 Å². The number of carbonyl (C=O) groups excluding carboxylic acids is 3. The van der Waals surface area contributed by atoms with Gasteiger partial charge in [0.05, 0.1) is 18.8 Å². The lowest BCUT2D eigenvalue weighted by molar-refractivity contribution is -0.119. The molecule has 1 N–H and O–H groups in total. The Labute approximate surface area is 158 Å². The zero-order chi connectivity index (χ0) is 19.0. The third-order valence-corrected chi connectivity index (χ3v) is 5.69. The highest BCUT2D eigenvalue weighted by molar-refractivity contribution is 5.99. The first-order valence-corrected chi connectivity index (χ1v) is 9.70. The third kappa shape index (κ3) is 3.50. The number of hydrogen-bond donors (Lipinski definition) is 1. The van der Waals surface area contributed by atoms with Crippen molar-refractivity contribution in [1.82, 2.24) is 10.3 Å². The van der Waals surface area contributed by atoms with Crippen molar-refractivity contribution in [3.8, 4) is 0 Å². The van der Waals surface area contributed by atoms with Gasteiger partial charge in [0.15, 0.2) is 5.78 Å². The standard InChI is InChI=1S/C20H25N3O4/c1-13(24)21-11-17-12-23(20(26)27-17)22-9-8-14-6-7-16(10-18(14)22)19(25)15-4-2-3-5-15/h6-7,10,15,17H,2-5,8-9,11-12H2,1H3,(H,21,24). The largest absolute Gasteiger partial charge is 0.441 e. The molecule has 2 amide bonds. The van der Waals surface area contributed by atoms with Crippen LogP contribution in [0.2, 0.25) is 0 Å². The fraction of sp³-hybridized carbons (Fsp3) is 0.550. The minimum absolute atomic E-state index is 0.136. The summed E-state index contributed by atoms with van der Waals surface area (Å²) in [5.41, 5.74) is 2.78. The molecule has 2 aliphatic heterocycles. The van der Waals surface area contributed by atoms with E-state index in [4.69, 9.17) is 4.74 Å². The second-order valence-corrected chi connectivity index (χ2v) is 7.59. The molecule has 0 radical (unpaired) electrons. The summed E-state index contributed by atoms with van der Waals surface area (Å²) in [7, 11) is 0. The van der Waals surface area contributed by atoms with Gasteiger partial charge >= 0.3 is 6.09 Å². The van der Waals surface area contributed by atoms with Crippen molar-refractivity contribution in [3.05, 3.63) is 29.3 Å². The summed E-state index contributed by atoms with van der Waals surface area (Å²) in [6, 6.07) is 5.86. The number of hydrogen-bond acceptors (Lipinski definition) is 5. The first-order chi connectivity index (χ1) is 13.0. The molecule has 3 aliphatic rings. The highest BCUT2D eigenvalue weighted by Gasteiger charge is 2.38. The van der Waals surface area contributed by atoms with Crippen molar-refractivity contribution in [2.45, 2.75) is 45.1 Å². The second-order valence-electron chi connectivity index (χ2n) is 7.59. The fourth-order valence-electron chi connectivity index (χ4n) is 4.26. The van der Waals surface area contributed by atoms with E-state index in [9.17, 15) is 14.4 Å². The number of benzene rings is 1. The van der Waals surface area contributed by atoms with Crippen molar-refractivity contribution in [1.29, 1.82) is 0 Å². The maximum Gasteiger partial charge on any atom is 0.429 e. The van der Waals surface area contributed by atoms with Gasteiger partial charge in [-0.25, -0.2) is 9.80 Å². The number of carbonyl (C=O) groups is 3. The Balaban J connectivity index is 1.50. The monoisotopic (exact) mass is 371 g/mol. The summed E-state index contributed by atoms with van der Waals surface area (Å²) in [6.07, 6.45) is 4.25. The molecule has 7 nitrogen and oxygen atoms in total. The first-order valence-electron chi connectivity index (χ1n) is 9.70. The third-order valence-electron chi connectivity index (χ3n) is 5.69. The molecule has 1 unspecified atom stereocenters. The number of rotatable bonds is 5. The SMILES string of the molecule is CC(=O)NCC1CN(N2CCc3ccc(C(=O)C4CCCC4)cc32)C(=O)O1. The predicted molar refractivity (Wildman–Crippen MR) is 99.4 cm³/mol. The van der Waals surface area contributed by atoms with Crippen molar-refractivity contribution >= 4 is 23.5 Å². The molecule has 2 fully saturated rings. The Morgan fingerprint density at radius 1 is 1.22 bits per heavy atom. The fourth-order valence-corrected chi connectivity index (χ4v) is 4.26. The Bertz CT molecular complexity index is 772. The molecule has 0 spiro atoms. The van der Waals surface area contributed by atoms with Crippen molar-refractivity contribution < 1.29 is 19.1 Å². The highest BCUT2D eigenvalue weighted by Crippen LogP contribution is 2.34. The van der Waals surface area contributed by atoms with E-state index in [0.717, 1.165) is 48.9 Å². The van der Waals surface area contributed by atoms with Gasteiger partial charge in [-0.2, -0.15) is 0 Å². The van der Waals surface area contributed by atoms with Gasteiger partial charge in [0.2, 0.25) is 5.91 Å². The molecule has 144 valence electrons. The van der Waals surface area contributed by atoms with E-state index in [1.165, 1.54) is 6.92 Å². The molecule has 0 bridgehead atoms. The summed E-state index contributed by atoms with van der Waals surface area (Å²) in [6.45, 7) is 2.81. The number of hydrazine groups is 1. The van der Waals surface area contributed by atoms with Gasteiger partial charge in [-0.05, 0) is 30.9 Å². The first kappa shape index (κ1) is 17.8. The molecule has 4 rings (SSSR count). The molecule has 1 aromatic rings. The zero-order valence-electron chi connectivity index (χ0n) is 15.6. The molecule has 1 atom stereocenters. The Hall–Kier alpha value is -2.57. The van der Waals surface area contributed by atoms with Crippen molar-refractivity contribution in [3.63, 3.8) is 0 Å². The van der Waals surface area contributed by atoms with E-state index >= 15 is 0 Å². The quantitative estimate of drug-likeness (QED) is 0.804. The molecule has 7 heteroatoms. The predicted octanol–water partition coefficient (Wildman–Crippen LogP) is 2.29. The summed E-state index contributed by atoms with van der Waals surface area (Å²) in [5, 5.41) is 6.19. The number of anilines is 1. The summed E-state index contributed by atoms with van der Waals surface area (Å²) in [5.74, 6) is 0.206. The highest BCUT2D eigenvalue weighted by atomic mass is 16.6. The molecular formula is C20H25N3O4. The summed E-state index contributed by atoms with van der Waals surface area (Å²) >= 11 is 0. The van der Waals surface area contributed by atoms with E-state index in [1.807, 2.05) is 23.2 Å². The van der Waals surface area contributed by atoms with E-state index in [2.05, 4.69) is 5.32 Å². The number of nitrogens with zero attached hydrogens (tertiary/aromatic N) is 2. The van der Waals surface area contributed by atoms with Gasteiger partial charge in [-0.15, -0.1) is 0 Å². The van der Waals surface area contributed by atoms with Crippen LogP contribution in [-0.2, 0) is 16.0 Å². The Morgan fingerprint density at radius 2 is 2.00 bits per heavy atom. The summed E-state index contributed by atoms with van der Waals surface area (Å²) in [4.78, 5) is 36.2. The van der Waals surface area contributed by atoms with Gasteiger partial charge < -0.3 is 10.1 Å². The van der Waals surface area contributed by atoms with Gasteiger partial charge in [0.1, 0.15) is 6.10 Å². The lowest BCUT2D eigenvalue weighted by atomic mass is 9.95. The second kappa shape index (κ2) is 7.21. The van der Waals surface area contributed by atoms with Crippen molar-refractivity contribution in [2.24, 2.45) is 5.92 Å². The van der Waals surface area contributed by atoms with Crippen LogP contribution in [0.4, 0.5) is 10.5 Å². The number of fused-ring (bicyclic) bond motifs is 1. The maximum atomic E-state index is 12.8. The molecular weight excluding hydrogens is 346 g/mol. The minimum atomic E-state index is -0.411. The van der Waals surface area contributed by atoms with Crippen LogP contribution < -0.4 is 10.3 Å². The lowest BCUT2D eigenvalue weighted by Crippen LogP contribution is -2.43. The van der Waals surface area contributed by atoms with Crippen LogP contribution in [0, 0.1) is 5.92 Å². The summed E-state index contributed by atoms with van der Waals surface area (Å²) < 4.78 is 5.37. The molecule has 2 heterocycles. The van der Waals surface area contributed by atoms with Crippen LogP contribution in [0.25, 0.3) is 0 Å². The van der Waals surface area contributed by atoms with Crippen molar-refractivity contribution in [2.75, 3.05) is 24.6 Å². The molecule has 1 aliphatic carbocycles. The Morgan fingerprint density at radius 3 is 2.74 bits per heavy atom. The van der Waals surface area contributed by atoms with Crippen LogP contribution in [0.15, 0.2) is 18.2 Å². The molecule has 1 aromatic carbocycles. The van der Waals surface area contributed by atoms with E-state index in [-0.39, 0.29) is 23.7 Å². The maximum absolute atomic E-state index is 12.8. The number of ketones is 1. The van der Waals surface area contributed by atoms with E-state index in [0.29, 0.717) is 19.6 Å². The number of ether oxygens (including phenoxy) is 1. The minimum Gasteiger partial charge on any atom is -0.441 e.